The molecule has 25 heavy (non-hydrogen) atoms. The first-order valence-corrected chi connectivity index (χ1v) is 8.06. The summed E-state index contributed by atoms with van der Waals surface area (Å²) in [4.78, 5) is 27.7. The maximum atomic E-state index is 11.8. The fourth-order valence-electron chi connectivity index (χ4n) is 2.91. The van der Waals surface area contributed by atoms with Gasteiger partial charge in [0.2, 0.25) is 5.90 Å². The predicted molar refractivity (Wildman–Crippen MR) is 90.9 cm³/mol. The van der Waals surface area contributed by atoms with Crippen molar-refractivity contribution < 1.29 is 23.8 Å². The SMILES string of the molecule is C/C=C/C1=N[C@@H]([C@H]2OC(=O)C=C[C@@H]2OC(C)=O)[C@@H](c2ccccc2)O1. The molecule has 6 nitrogen and oxygen atoms in total. The number of rotatable bonds is 4. The molecule has 0 spiro atoms. The summed E-state index contributed by atoms with van der Waals surface area (Å²) in [6.07, 6.45) is 4.46. The van der Waals surface area contributed by atoms with Crippen molar-refractivity contribution >= 4 is 17.8 Å². The highest BCUT2D eigenvalue weighted by molar-refractivity contribution is 5.89. The normalized spacial score (nSPS) is 28.4. The Bertz CT molecular complexity index is 737. The van der Waals surface area contributed by atoms with Crippen LogP contribution >= 0.6 is 0 Å². The van der Waals surface area contributed by atoms with Gasteiger partial charge >= 0.3 is 11.9 Å². The zero-order valence-electron chi connectivity index (χ0n) is 14.0. The number of carbonyl (C=O) groups is 2. The first kappa shape index (κ1) is 17.0. The van der Waals surface area contributed by atoms with Gasteiger partial charge in [-0.05, 0) is 24.6 Å². The van der Waals surface area contributed by atoms with E-state index in [1.807, 2.05) is 43.3 Å². The summed E-state index contributed by atoms with van der Waals surface area (Å²) in [6, 6.07) is 9.04. The van der Waals surface area contributed by atoms with Crippen molar-refractivity contribution in [3.05, 3.63) is 60.2 Å². The molecule has 2 heterocycles. The molecular formula is C19H19NO5. The van der Waals surface area contributed by atoms with E-state index in [9.17, 15) is 9.59 Å². The van der Waals surface area contributed by atoms with Crippen LogP contribution in [0.1, 0.15) is 25.5 Å². The van der Waals surface area contributed by atoms with E-state index >= 15 is 0 Å². The summed E-state index contributed by atoms with van der Waals surface area (Å²) in [5.41, 5.74) is 0.905. The molecule has 0 aromatic heterocycles. The zero-order chi connectivity index (χ0) is 17.8. The molecule has 0 saturated carbocycles. The van der Waals surface area contributed by atoms with Gasteiger partial charge in [-0.2, -0.15) is 0 Å². The third-order valence-corrected chi connectivity index (χ3v) is 3.91. The van der Waals surface area contributed by atoms with Crippen LogP contribution in [0.2, 0.25) is 0 Å². The number of cyclic esters (lactones) is 1. The molecule has 4 atom stereocenters. The Labute approximate surface area is 145 Å². The lowest BCUT2D eigenvalue weighted by Crippen LogP contribution is -2.45. The highest BCUT2D eigenvalue weighted by atomic mass is 16.6. The van der Waals surface area contributed by atoms with Crippen LogP contribution in [0.25, 0.3) is 0 Å². The first-order chi connectivity index (χ1) is 12.1. The maximum Gasteiger partial charge on any atom is 0.331 e. The smallest absolute Gasteiger partial charge is 0.331 e. The summed E-state index contributed by atoms with van der Waals surface area (Å²) in [7, 11) is 0. The van der Waals surface area contributed by atoms with Crippen LogP contribution in [0.4, 0.5) is 0 Å². The standard InChI is InChI=1S/C19H19NO5/c1-3-7-15-20-17(18(24-15)13-8-5-4-6-9-13)19-14(23-12(2)21)10-11-16(22)25-19/h3-11,14,17-19H,1-2H3/b7-3+/t14-,17+,18+,19-/m0/s1. The van der Waals surface area contributed by atoms with Gasteiger partial charge in [0.05, 0.1) is 0 Å². The molecule has 0 amide bonds. The Morgan fingerprint density at radius 2 is 2.00 bits per heavy atom. The van der Waals surface area contributed by atoms with E-state index in [4.69, 9.17) is 14.2 Å². The molecule has 6 heteroatoms. The Kier molecular flexibility index (Phi) is 4.97. The van der Waals surface area contributed by atoms with Crippen LogP contribution in [-0.4, -0.2) is 36.1 Å². The number of esters is 2. The van der Waals surface area contributed by atoms with Gasteiger partial charge in [0.15, 0.2) is 18.3 Å². The molecule has 0 radical (unpaired) electrons. The molecule has 0 bridgehead atoms. The summed E-state index contributed by atoms with van der Waals surface area (Å²) in [6.45, 7) is 3.18. The molecule has 2 aliphatic rings. The highest BCUT2D eigenvalue weighted by Gasteiger charge is 2.45. The number of ether oxygens (including phenoxy) is 3. The number of aliphatic imine (C=N–C) groups is 1. The third-order valence-electron chi connectivity index (χ3n) is 3.91. The monoisotopic (exact) mass is 341 g/mol. The van der Waals surface area contributed by atoms with Crippen LogP contribution in [0.5, 0.6) is 0 Å². The minimum absolute atomic E-state index is 0.435. The molecule has 0 N–H and O–H groups in total. The molecule has 1 aromatic rings. The minimum Gasteiger partial charge on any atom is -0.467 e. The van der Waals surface area contributed by atoms with Crippen molar-refractivity contribution in [1.29, 1.82) is 0 Å². The summed E-state index contributed by atoms with van der Waals surface area (Å²) >= 11 is 0. The third kappa shape index (κ3) is 3.79. The lowest BCUT2D eigenvalue weighted by atomic mass is 9.94. The van der Waals surface area contributed by atoms with E-state index in [1.54, 1.807) is 6.08 Å². The molecule has 0 aliphatic carbocycles. The van der Waals surface area contributed by atoms with Gasteiger partial charge in [-0.3, -0.25) is 4.79 Å². The molecule has 0 saturated heterocycles. The second-order valence-corrected chi connectivity index (χ2v) is 5.74. The largest absolute Gasteiger partial charge is 0.467 e. The molecular weight excluding hydrogens is 322 g/mol. The Morgan fingerprint density at radius 1 is 1.24 bits per heavy atom. The van der Waals surface area contributed by atoms with Crippen LogP contribution < -0.4 is 0 Å². The number of hydrogen-bond donors (Lipinski definition) is 0. The Hall–Kier alpha value is -2.89. The summed E-state index contributed by atoms with van der Waals surface area (Å²) in [5, 5.41) is 0. The fourth-order valence-corrected chi connectivity index (χ4v) is 2.91. The van der Waals surface area contributed by atoms with Crippen molar-refractivity contribution in [2.75, 3.05) is 0 Å². The molecule has 3 rings (SSSR count). The topological polar surface area (TPSA) is 74.2 Å². The van der Waals surface area contributed by atoms with Gasteiger partial charge in [-0.25, -0.2) is 9.79 Å². The summed E-state index contributed by atoms with van der Waals surface area (Å²) in [5.74, 6) is -0.492. The van der Waals surface area contributed by atoms with Gasteiger partial charge in [0.25, 0.3) is 0 Å². The van der Waals surface area contributed by atoms with Crippen LogP contribution in [0.15, 0.2) is 59.6 Å². The lowest BCUT2D eigenvalue weighted by molar-refractivity contribution is -0.165. The van der Waals surface area contributed by atoms with Crippen LogP contribution in [-0.2, 0) is 23.8 Å². The van der Waals surface area contributed by atoms with Crippen molar-refractivity contribution in [1.82, 2.24) is 0 Å². The van der Waals surface area contributed by atoms with E-state index < -0.39 is 36.3 Å². The second kappa shape index (κ2) is 7.34. The van der Waals surface area contributed by atoms with Crippen molar-refractivity contribution in [3.63, 3.8) is 0 Å². The number of nitrogens with zero attached hydrogens (tertiary/aromatic N) is 1. The lowest BCUT2D eigenvalue weighted by Gasteiger charge is -2.31. The Balaban J connectivity index is 1.95. The number of allylic oxidation sites excluding steroid dienone is 1. The number of benzene rings is 1. The van der Waals surface area contributed by atoms with Gasteiger partial charge in [-0.15, -0.1) is 0 Å². The minimum atomic E-state index is -0.755. The van der Waals surface area contributed by atoms with E-state index in [2.05, 4.69) is 4.99 Å². The average molecular weight is 341 g/mol. The van der Waals surface area contributed by atoms with E-state index in [0.717, 1.165) is 5.56 Å². The van der Waals surface area contributed by atoms with E-state index in [1.165, 1.54) is 19.1 Å². The quantitative estimate of drug-likeness (QED) is 0.787. The molecule has 0 unspecified atom stereocenters. The molecule has 1 aromatic carbocycles. The summed E-state index contributed by atoms with van der Waals surface area (Å²) < 4.78 is 16.7. The average Bonchev–Trinajstić information content (AvgIpc) is 3.01. The molecule has 2 aliphatic heterocycles. The van der Waals surface area contributed by atoms with E-state index in [0.29, 0.717) is 5.90 Å². The van der Waals surface area contributed by atoms with Crippen molar-refractivity contribution in [2.24, 2.45) is 4.99 Å². The fraction of sp³-hybridized carbons (Fsp3) is 0.316. The molecule has 0 fully saturated rings. The maximum absolute atomic E-state index is 11.8. The van der Waals surface area contributed by atoms with Crippen molar-refractivity contribution in [2.45, 2.75) is 38.2 Å². The van der Waals surface area contributed by atoms with Gasteiger partial charge < -0.3 is 14.2 Å². The molecule has 130 valence electrons. The van der Waals surface area contributed by atoms with Gasteiger partial charge in [0, 0.05) is 13.0 Å². The second-order valence-electron chi connectivity index (χ2n) is 5.74. The highest BCUT2D eigenvalue weighted by Crippen LogP contribution is 2.35. The van der Waals surface area contributed by atoms with Gasteiger partial charge in [0.1, 0.15) is 6.04 Å². The van der Waals surface area contributed by atoms with Crippen LogP contribution in [0.3, 0.4) is 0 Å². The predicted octanol–water partition coefficient (Wildman–Crippen LogP) is 2.51. The zero-order valence-corrected chi connectivity index (χ0v) is 14.0. The number of carbonyl (C=O) groups excluding carboxylic acids is 2. The van der Waals surface area contributed by atoms with Crippen molar-refractivity contribution in [3.8, 4) is 0 Å². The van der Waals surface area contributed by atoms with Gasteiger partial charge in [-0.1, -0.05) is 36.4 Å². The first-order valence-electron chi connectivity index (χ1n) is 8.06. The van der Waals surface area contributed by atoms with Crippen LogP contribution in [0, 0.1) is 0 Å². The van der Waals surface area contributed by atoms with E-state index in [-0.39, 0.29) is 0 Å². The number of hydrogen-bond acceptors (Lipinski definition) is 6. The Morgan fingerprint density at radius 3 is 2.68 bits per heavy atom.